The number of aliphatic carboxylic acids is 1. The molecule has 118 valence electrons. The summed E-state index contributed by atoms with van der Waals surface area (Å²) in [6.45, 7) is 2.70. The third-order valence-electron chi connectivity index (χ3n) is 3.88. The minimum Gasteiger partial charge on any atom is -0.496 e. The number of carbonyl (C=O) groups excluding carboxylic acids is 1. The molecule has 5 heteroatoms. The number of carbonyl (C=O) groups is 2. The second-order valence-corrected chi connectivity index (χ2v) is 5.59. The minimum atomic E-state index is -0.829. The Kier molecular flexibility index (Phi) is 5.20. The molecule has 1 heterocycles. The first-order chi connectivity index (χ1) is 10.5. The third kappa shape index (κ3) is 3.87. The van der Waals surface area contributed by atoms with Gasteiger partial charge in [-0.15, -0.1) is 0 Å². The summed E-state index contributed by atoms with van der Waals surface area (Å²) >= 11 is 0. The first-order valence-electron chi connectivity index (χ1n) is 7.32. The van der Waals surface area contributed by atoms with Crippen molar-refractivity contribution in [1.82, 2.24) is 4.90 Å². The lowest BCUT2D eigenvalue weighted by molar-refractivity contribution is -0.141. The molecule has 0 saturated carbocycles. The summed E-state index contributed by atoms with van der Waals surface area (Å²) in [5.41, 5.74) is 1.95. The van der Waals surface area contributed by atoms with Crippen LogP contribution >= 0.6 is 0 Å². The zero-order valence-electron chi connectivity index (χ0n) is 12.9. The highest BCUT2D eigenvalue weighted by Gasteiger charge is 2.29. The number of hydrogen-bond donors (Lipinski definition) is 1. The Hall–Kier alpha value is -2.30. The van der Waals surface area contributed by atoms with Crippen LogP contribution in [0, 0.1) is 5.92 Å². The second kappa shape index (κ2) is 7.11. The summed E-state index contributed by atoms with van der Waals surface area (Å²) in [5.74, 6) is -0.581. The first kappa shape index (κ1) is 16.1. The maximum atomic E-state index is 12.2. The van der Waals surface area contributed by atoms with Crippen LogP contribution in [0.4, 0.5) is 0 Å². The Morgan fingerprint density at radius 3 is 2.77 bits per heavy atom. The average molecular weight is 303 g/mol. The Labute approximate surface area is 130 Å². The lowest BCUT2D eigenvalue weighted by Gasteiger charge is -2.14. The molecule has 1 amide bonds. The zero-order chi connectivity index (χ0) is 16.1. The quantitative estimate of drug-likeness (QED) is 0.846. The van der Waals surface area contributed by atoms with E-state index in [0.717, 1.165) is 16.9 Å². The normalized spacial score (nSPS) is 18.4. The number of methoxy groups -OCH3 is 1. The van der Waals surface area contributed by atoms with Gasteiger partial charge in [0.1, 0.15) is 5.75 Å². The van der Waals surface area contributed by atoms with Crippen LogP contribution in [0.1, 0.15) is 18.9 Å². The molecule has 1 N–H and O–H groups in total. The number of benzene rings is 1. The molecule has 0 spiro atoms. The number of rotatable bonds is 5. The molecule has 1 fully saturated rings. The Morgan fingerprint density at radius 2 is 2.14 bits per heavy atom. The number of ether oxygens (including phenoxy) is 1. The highest BCUT2D eigenvalue weighted by atomic mass is 16.5. The first-order valence-corrected chi connectivity index (χ1v) is 7.32. The predicted octanol–water partition coefficient (Wildman–Crippen LogP) is 2.12. The molecular formula is C17H21NO4. The van der Waals surface area contributed by atoms with Crippen LogP contribution in [0.15, 0.2) is 35.9 Å². The maximum Gasteiger partial charge on any atom is 0.308 e. The molecule has 1 aromatic rings. The Morgan fingerprint density at radius 1 is 1.41 bits per heavy atom. The number of nitrogens with zero attached hydrogens (tertiary/aromatic N) is 1. The smallest absolute Gasteiger partial charge is 0.308 e. The van der Waals surface area contributed by atoms with Gasteiger partial charge in [0.25, 0.3) is 0 Å². The van der Waals surface area contributed by atoms with Crippen molar-refractivity contribution in [2.45, 2.75) is 19.8 Å². The molecule has 1 atom stereocenters. The van der Waals surface area contributed by atoms with Crippen molar-refractivity contribution < 1.29 is 19.4 Å². The average Bonchev–Trinajstić information content (AvgIpc) is 2.98. The fourth-order valence-electron chi connectivity index (χ4n) is 2.66. The number of carboxylic acids is 1. The lowest BCUT2D eigenvalue weighted by atomic mass is 10.0. The van der Waals surface area contributed by atoms with Gasteiger partial charge in [-0.25, -0.2) is 0 Å². The van der Waals surface area contributed by atoms with Gasteiger partial charge < -0.3 is 14.7 Å². The fraction of sp³-hybridized carbons (Fsp3) is 0.412. The molecule has 0 radical (unpaired) electrons. The van der Waals surface area contributed by atoms with Gasteiger partial charge in [-0.3, -0.25) is 9.59 Å². The molecule has 0 aliphatic carbocycles. The molecule has 2 rings (SSSR count). The van der Waals surface area contributed by atoms with Gasteiger partial charge in [-0.2, -0.15) is 0 Å². The van der Waals surface area contributed by atoms with Crippen molar-refractivity contribution in [3.63, 3.8) is 0 Å². The van der Waals surface area contributed by atoms with Crippen LogP contribution in [0.2, 0.25) is 0 Å². The number of hydrogen-bond acceptors (Lipinski definition) is 3. The van der Waals surface area contributed by atoms with Gasteiger partial charge in [0.15, 0.2) is 0 Å². The molecule has 1 unspecified atom stereocenters. The molecule has 1 aromatic carbocycles. The van der Waals surface area contributed by atoms with E-state index in [-0.39, 0.29) is 5.91 Å². The second-order valence-electron chi connectivity index (χ2n) is 5.59. The largest absolute Gasteiger partial charge is 0.496 e. The zero-order valence-corrected chi connectivity index (χ0v) is 12.9. The SMILES string of the molecule is COc1ccccc1CC(C)=CC(=O)N1CCC(C(=O)O)C1. The van der Waals surface area contributed by atoms with Crippen molar-refractivity contribution in [2.24, 2.45) is 5.92 Å². The van der Waals surface area contributed by atoms with Crippen LogP contribution in [-0.2, 0) is 16.0 Å². The minimum absolute atomic E-state index is 0.115. The maximum absolute atomic E-state index is 12.2. The summed E-state index contributed by atoms with van der Waals surface area (Å²) in [6.07, 6.45) is 2.75. The van der Waals surface area contributed by atoms with Crippen molar-refractivity contribution in [2.75, 3.05) is 20.2 Å². The number of para-hydroxylation sites is 1. The van der Waals surface area contributed by atoms with Gasteiger partial charge in [0, 0.05) is 19.2 Å². The summed E-state index contributed by atoms with van der Waals surface area (Å²) in [5, 5.41) is 8.98. The van der Waals surface area contributed by atoms with Crippen LogP contribution in [0.25, 0.3) is 0 Å². The van der Waals surface area contributed by atoms with Gasteiger partial charge in [0.2, 0.25) is 5.91 Å². The van der Waals surface area contributed by atoms with Crippen molar-refractivity contribution in [3.8, 4) is 5.75 Å². The van der Waals surface area contributed by atoms with E-state index >= 15 is 0 Å². The molecule has 1 aliphatic heterocycles. The fourth-order valence-corrected chi connectivity index (χ4v) is 2.66. The van der Waals surface area contributed by atoms with Crippen molar-refractivity contribution in [1.29, 1.82) is 0 Å². The van der Waals surface area contributed by atoms with E-state index < -0.39 is 11.9 Å². The summed E-state index contributed by atoms with van der Waals surface area (Å²) < 4.78 is 5.30. The number of likely N-dealkylation sites (tertiary alicyclic amines) is 1. The van der Waals surface area contributed by atoms with E-state index in [1.54, 1.807) is 18.1 Å². The van der Waals surface area contributed by atoms with Crippen LogP contribution < -0.4 is 4.74 Å². The highest BCUT2D eigenvalue weighted by molar-refractivity contribution is 5.89. The predicted molar refractivity (Wildman–Crippen MR) is 82.8 cm³/mol. The molecule has 1 aliphatic rings. The topological polar surface area (TPSA) is 66.8 Å². The molecule has 22 heavy (non-hydrogen) atoms. The molecule has 1 saturated heterocycles. The number of allylic oxidation sites excluding steroid dienone is 1. The number of carboxylic acid groups (broad SMARTS) is 1. The highest BCUT2D eigenvalue weighted by Crippen LogP contribution is 2.21. The van der Waals surface area contributed by atoms with Crippen LogP contribution in [0.5, 0.6) is 5.75 Å². The van der Waals surface area contributed by atoms with Gasteiger partial charge in [-0.05, 0) is 31.4 Å². The summed E-state index contributed by atoms with van der Waals surface area (Å²) in [7, 11) is 1.62. The van der Waals surface area contributed by atoms with Gasteiger partial charge >= 0.3 is 5.97 Å². The van der Waals surface area contributed by atoms with Crippen molar-refractivity contribution in [3.05, 3.63) is 41.5 Å². The van der Waals surface area contributed by atoms with E-state index in [4.69, 9.17) is 9.84 Å². The van der Waals surface area contributed by atoms with E-state index in [2.05, 4.69) is 0 Å². The monoisotopic (exact) mass is 303 g/mol. The Balaban J connectivity index is 2.00. The summed E-state index contributed by atoms with van der Waals surface area (Å²) in [6, 6.07) is 7.70. The standard InChI is InChI=1S/C17H21NO4/c1-12(9-13-5-3-4-6-15(13)22-2)10-16(19)18-8-7-14(11-18)17(20)21/h3-6,10,14H,7-9,11H2,1-2H3,(H,20,21). The molecular weight excluding hydrogens is 282 g/mol. The van der Waals surface area contributed by atoms with Crippen molar-refractivity contribution >= 4 is 11.9 Å². The van der Waals surface area contributed by atoms with Crippen LogP contribution in [0.3, 0.4) is 0 Å². The number of amides is 1. The van der Waals surface area contributed by atoms with Crippen LogP contribution in [-0.4, -0.2) is 42.1 Å². The molecule has 5 nitrogen and oxygen atoms in total. The lowest BCUT2D eigenvalue weighted by Crippen LogP contribution is -2.28. The Bertz CT molecular complexity index is 594. The van der Waals surface area contributed by atoms with Gasteiger partial charge in [-0.1, -0.05) is 23.8 Å². The molecule has 0 aromatic heterocycles. The van der Waals surface area contributed by atoms with Gasteiger partial charge in [0.05, 0.1) is 13.0 Å². The van der Waals surface area contributed by atoms with E-state index in [9.17, 15) is 9.59 Å². The summed E-state index contributed by atoms with van der Waals surface area (Å²) in [4.78, 5) is 24.7. The third-order valence-corrected chi connectivity index (χ3v) is 3.88. The van der Waals surface area contributed by atoms with E-state index in [0.29, 0.717) is 25.9 Å². The molecule has 0 bridgehead atoms. The van der Waals surface area contributed by atoms with E-state index in [1.807, 2.05) is 31.2 Å². The van der Waals surface area contributed by atoms with E-state index in [1.165, 1.54) is 0 Å².